The maximum Gasteiger partial charge on any atom is -0.0174 e. The van der Waals surface area contributed by atoms with Crippen molar-refractivity contribution in [2.75, 3.05) is 0 Å². The Morgan fingerprint density at radius 2 is 1.89 bits per heavy atom. The van der Waals surface area contributed by atoms with Gasteiger partial charge in [0.25, 0.3) is 0 Å². The molecule has 1 fully saturated rings. The minimum atomic E-state index is 0.622. The number of hydrogen-bond acceptors (Lipinski definition) is 0. The fourth-order valence-electron chi connectivity index (χ4n) is 1.19. The quantitative estimate of drug-likeness (QED) is 0.471. The minimum Gasteiger partial charge on any atom is -0.0822 e. The molecule has 1 unspecified atom stereocenters. The second kappa shape index (κ2) is 1.86. The van der Waals surface area contributed by atoms with Crippen molar-refractivity contribution in [1.29, 1.82) is 0 Å². The van der Waals surface area contributed by atoms with Gasteiger partial charge in [-0.1, -0.05) is 25.5 Å². The first-order valence-electron chi connectivity index (χ1n) is 3.67. The van der Waals surface area contributed by atoms with Gasteiger partial charge in [-0.25, -0.2) is 0 Å². The summed E-state index contributed by atoms with van der Waals surface area (Å²) in [7, 11) is 0. The third kappa shape index (κ3) is 1.57. The third-order valence-corrected chi connectivity index (χ3v) is 2.12. The van der Waals surface area contributed by atoms with Gasteiger partial charge in [-0.15, -0.1) is 0 Å². The predicted octanol–water partition coefficient (Wildman–Crippen LogP) is 3.00. The van der Waals surface area contributed by atoms with Gasteiger partial charge < -0.3 is 0 Å². The predicted molar refractivity (Wildman–Crippen MR) is 41.3 cm³/mol. The molecular formula is C9H16. The van der Waals surface area contributed by atoms with Gasteiger partial charge in [0.05, 0.1) is 0 Å². The maximum atomic E-state index is 2.39. The lowest BCUT2D eigenvalue weighted by Gasteiger charge is -1.96. The number of allylic oxidation sites excluding steroid dienone is 2. The Hall–Kier alpha value is -0.260. The first kappa shape index (κ1) is 6.85. The van der Waals surface area contributed by atoms with Crippen LogP contribution in [0, 0.1) is 11.3 Å². The lowest BCUT2D eigenvalue weighted by Crippen LogP contribution is -1.86. The van der Waals surface area contributed by atoms with E-state index in [1.54, 1.807) is 0 Å². The molecule has 1 atom stereocenters. The van der Waals surface area contributed by atoms with E-state index in [-0.39, 0.29) is 0 Å². The lowest BCUT2D eigenvalue weighted by molar-refractivity contribution is 0.608. The smallest absolute Gasteiger partial charge is 0.0174 e. The summed E-state index contributed by atoms with van der Waals surface area (Å²) in [5.41, 5.74) is 2.09. The highest BCUT2D eigenvalue weighted by atomic mass is 14.5. The molecule has 0 heterocycles. The molecule has 0 heteroatoms. The van der Waals surface area contributed by atoms with Crippen LogP contribution in [0.5, 0.6) is 0 Å². The Balaban J connectivity index is 2.45. The van der Waals surface area contributed by atoms with E-state index < -0.39 is 0 Å². The molecule has 0 aromatic rings. The summed E-state index contributed by atoms with van der Waals surface area (Å²) in [6.45, 7) is 9.01. The fourth-order valence-corrected chi connectivity index (χ4v) is 1.19. The summed E-state index contributed by atoms with van der Waals surface area (Å²) in [5, 5.41) is 0. The van der Waals surface area contributed by atoms with E-state index in [0.717, 1.165) is 5.92 Å². The largest absolute Gasteiger partial charge is 0.0822 e. The molecule has 0 nitrogen and oxygen atoms in total. The molecule has 1 aliphatic rings. The monoisotopic (exact) mass is 124 g/mol. The van der Waals surface area contributed by atoms with Gasteiger partial charge in [0.2, 0.25) is 0 Å². The molecule has 0 saturated heterocycles. The summed E-state index contributed by atoms with van der Waals surface area (Å²) in [6, 6.07) is 0. The zero-order valence-electron chi connectivity index (χ0n) is 6.86. The van der Waals surface area contributed by atoms with Crippen LogP contribution in [-0.4, -0.2) is 0 Å². The van der Waals surface area contributed by atoms with Gasteiger partial charge in [0.15, 0.2) is 0 Å². The summed E-state index contributed by atoms with van der Waals surface area (Å²) >= 11 is 0. The highest BCUT2D eigenvalue weighted by Crippen LogP contribution is 2.52. The van der Waals surface area contributed by atoms with Gasteiger partial charge in [-0.3, -0.25) is 0 Å². The van der Waals surface area contributed by atoms with Gasteiger partial charge >= 0.3 is 0 Å². The molecule has 0 amide bonds. The fraction of sp³-hybridized carbons (Fsp3) is 0.778. The number of hydrogen-bond donors (Lipinski definition) is 0. The molecule has 0 radical (unpaired) electrons. The molecular weight excluding hydrogens is 108 g/mol. The Kier molecular flexibility index (Phi) is 1.42. The van der Waals surface area contributed by atoms with Gasteiger partial charge in [-0.2, -0.15) is 0 Å². The van der Waals surface area contributed by atoms with E-state index in [1.165, 1.54) is 12.0 Å². The summed E-state index contributed by atoms with van der Waals surface area (Å²) in [5.74, 6) is 0.877. The van der Waals surface area contributed by atoms with Crippen LogP contribution in [0.2, 0.25) is 0 Å². The van der Waals surface area contributed by atoms with Gasteiger partial charge in [0.1, 0.15) is 0 Å². The van der Waals surface area contributed by atoms with E-state index in [9.17, 15) is 0 Å². The van der Waals surface area contributed by atoms with E-state index in [4.69, 9.17) is 0 Å². The Morgan fingerprint density at radius 3 is 2.00 bits per heavy atom. The van der Waals surface area contributed by atoms with Crippen molar-refractivity contribution in [3.63, 3.8) is 0 Å². The first-order chi connectivity index (χ1) is 4.02. The zero-order chi connectivity index (χ0) is 7.07. The van der Waals surface area contributed by atoms with Crippen molar-refractivity contribution in [2.45, 2.75) is 34.1 Å². The second-order valence-corrected chi connectivity index (χ2v) is 4.04. The van der Waals surface area contributed by atoms with Crippen LogP contribution in [0.3, 0.4) is 0 Å². The lowest BCUT2D eigenvalue weighted by atomic mass is 10.1. The number of rotatable bonds is 1. The normalized spacial score (nSPS) is 29.6. The van der Waals surface area contributed by atoms with E-state index in [1.807, 2.05) is 0 Å². The highest BCUT2D eigenvalue weighted by Gasteiger charge is 2.43. The molecule has 1 aliphatic carbocycles. The maximum absolute atomic E-state index is 2.39. The molecule has 0 bridgehead atoms. The van der Waals surface area contributed by atoms with Crippen LogP contribution in [0.15, 0.2) is 11.6 Å². The van der Waals surface area contributed by atoms with Crippen LogP contribution in [0.4, 0.5) is 0 Å². The third-order valence-electron chi connectivity index (χ3n) is 2.12. The summed E-state index contributed by atoms with van der Waals surface area (Å²) in [6.07, 6.45) is 3.78. The van der Waals surface area contributed by atoms with Gasteiger partial charge in [-0.05, 0) is 31.6 Å². The standard InChI is InChI=1S/C9H16/c1-7(2)5-8-6-9(8,3)4/h5,8H,6H2,1-4H3. The van der Waals surface area contributed by atoms with Crippen LogP contribution in [0.25, 0.3) is 0 Å². The minimum absolute atomic E-state index is 0.622. The second-order valence-electron chi connectivity index (χ2n) is 4.04. The van der Waals surface area contributed by atoms with Crippen LogP contribution >= 0.6 is 0 Å². The zero-order valence-corrected chi connectivity index (χ0v) is 6.86. The van der Waals surface area contributed by atoms with Crippen molar-refractivity contribution >= 4 is 0 Å². The SMILES string of the molecule is CC(C)=CC1CC1(C)C. The Bertz CT molecular complexity index is 136. The van der Waals surface area contributed by atoms with Crippen molar-refractivity contribution in [2.24, 2.45) is 11.3 Å². The molecule has 9 heavy (non-hydrogen) atoms. The molecule has 1 saturated carbocycles. The van der Waals surface area contributed by atoms with Crippen molar-refractivity contribution in [3.05, 3.63) is 11.6 Å². The molecule has 0 aromatic carbocycles. The summed E-state index contributed by atoms with van der Waals surface area (Å²) in [4.78, 5) is 0. The molecule has 0 N–H and O–H groups in total. The Morgan fingerprint density at radius 1 is 1.44 bits per heavy atom. The molecule has 0 aliphatic heterocycles. The van der Waals surface area contributed by atoms with E-state index >= 15 is 0 Å². The average Bonchev–Trinajstić information content (AvgIpc) is 2.10. The molecule has 1 rings (SSSR count). The van der Waals surface area contributed by atoms with Crippen molar-refractivity contribution in [3.8, 4) is 0 Å². The molecule has 0 aromatic heterocycles. The van der Waals surface area contributed by atoms with Crippen LogP contribution < -0.4 is 0 Å². The topological polar surface area (TPSA) is 0 Å². The van der Waals surface area contributed by atoms with E-state index in [0.29, 0.717) is 5.41 Å². The Labute approximate surface area is 58.0 Å². The van der Waals surface area contributed by atoms with E-state index in [2.05, 4.69) is 33.8 Å². The average molecular weight is 124 g/mol. The molecule has 52 valence electrons. The van der Waals surface area contributed by atoms with Crippen molar-refractivity contribution in [1.82, 2.24) is 0 Å². The molecule has 0 spiro atoms. The van der Waals surface area contributed by atoms with Crippen LogP contribution in [0.1, 0.15) is 34.1 Å². The van der Waals surface area contributed by atoms with Gasteiger partial charge in [0, 0.05) is 0 Å². The summed E-state index contributed by atoms with van der Waals surface area (Å²) < 4.78 is 0. The highest BCUT2D eigenvalue weighted by molar-refractivity contribution is 5.11. The van der Waals surface area contributed by atoms with Crippen molar-refractivity contribution < 1.29 is 0 Å². The first-order valence-corrected chi connectivity index (χ1v) is 3.67. The van der Waals surface area contributed by atoms with Crippen LogP contribution in [-0.2, 0) is 0 Å².